The van der Waals surface area contributed by atoms with Crippen molar-refractivity contribution < 1.29 is 23.2 Å². The molecule has 0 aromatic heterocycles. The molecule has 0 aliphatic heterocycles. The second-order valence-electron chi connectivity index (χ2n) is 3.04. The molecular formula is C11H17O5Si. The number of aromatic carboxylic acids is 1. The maximum atomic E-state index is 10.4. The van der Waals surface area contributed by atoms with Crippen LogP contribution in [0.5, 0.6) is 0 Å². The smallest absolute Gasteiger partial charge is 0.478 e. The van der Waals surface area contributed by atoms with Gasteiger partial charge in [0.25, 0.3) is 0 Å². The molecule has 0 fully saturated rings. The first-order chi connectivity index (χ1) is 8.04. The van der Waals surface area contributed by atoms with Crippen molar-refractivity contribution in [3.63, 3.8) is 0 Å². The van der Waals surface area contributed by atoms with Gasteiger partial charge in [0, 0.05) is 21.3 Å². The van der Waals surface area contributed by atoms with Gasteiger partial charge >= 0.3 is 15.5 Å². The van der Waals surface area contributed by atoms with E-state index in [0.717, 1.165) is 5.56 Å². The number of rotatable bonds is 4. The van der Waals surface area contributed by atoms with Crippen molar-refractivity contribution >= 4 is 15.5 Å². The maximum Gasteiger partial charge on any atom is 0.576 e. The molecule has 1 aromatic rings. The summed E-state index contributed by atoms with van der Waals surface area (Å²) in [5, 5.41) is 8.51. The fraction of sp³-hybridized carbons (Fsp3) is 0.364. The Labute approximate surface area is 103 Å². The van der Waals surface area contributed by atoms with Gasteiger partial charge in [0.15, 0.2) is 0 Å². The van der Waals surface area contributed by atoms with Crippen LogP contribution in [0.25, 0.3) is 0 Å². The number of hydrogen-bond acceptors (Lipinski definition) is 4. The molecule has 0 amide bonds. The number of benzene rings is 1. The zero-order valence-corrected chi connectivity index (χ0v) is 11.4. The Morgan fingerprint density at radius 1 is 1.18 bits per heavy atom. The molecule has 0 saturated heterocycles. The van der Waals surface area contributed by atoms with Gasteiger partial charge in [-0.3, -0.25) is 0 Å². The van der Waals surface area contributed by atoms with E-state index in [1.807, 2.05) is 13.0 Å². The van der Waals surface area contributed by atoms with Gasteiger partial charge in [0.05, 0.1) is 5.56 Å². The molecule has 0 bridgehead atoms. The quantitative estimate of drug-likeness (QED) is 0.830. The Morgan fingerprint density at radius 3 is 1.94 bits per heavy atom. The van der Waals surface area contributed by atoms with Crippen LogP contribution >= 0.6 is 0 Å². The summed E-state index contributed by atoms with van der Waals surface area (Å²) in [6.07, 6.45) is 0. The van der Waals surface area contributed by atoms with E-state index in [1.54, 1.807) is 39.5 Å². The lowest BCUT2D eigenvalue weighted by atomic mass is 10.1. The Morgan fingerprint density at radius 2 is 1.71 bits per heavy atom. The normalized spacial score (nSPS) is 9.71. The number of aryl methyl sites for hydroxylation is 1. The van der Waals surface area contributed by atoms with Gasteiger partial charge in [-0.25, -0.2) is 4.79 Å². The van der Waals surface area contributed by atoms with Gasteiger partial charge in [-0.15, -0.1) is 0 Å². The van der Waals surface area contributed by atoms with Crippen LogP contribution in [0.2, 0.25) is 0 Å². The topological polar surface area (TPSA) is 65.0 Å². The van der Waals surface area contributed by atoms with Crippen LogP contribution in [-0.4, -0.2) is 41.9 Å². The Balaban J connectivity index is 0.000000325. The van der Waals surface area contributed by atoms with Gasteiger partial charge in [-0.1, -0.05) is 17.7 Å². The van der Waals surface area contributed by atoms with Crippen molar-refractivity contribution in [3.8, 4) is 0 Å². The zero-order chi connectivity index (χ0) is 13.3. The average Bonchev–Trinajstić information content (AvgIpc) is 2.32. The summed E-state index contributed by atoms with van der Waals surface area (Å²) in [7, 11) is 3.31. The zero-order valence-electron chi connectivity index (χ0n) is 10.4. The van der Waals surface area contributed by atoms with Crippen molar-refractivity contribution in [2.24, 2.45) is 0 Å². The van der Waals surface area contributed by atoms with Crippen molar-refractivity contribution in [2.75, 3.05) is 21.3 Å². The summed E-state index contributed by atoms with van der Waals surface area (Å²) >= 11 is 0. The maximum absolute atomic E-state index is 10.4. The van der Waals surface area contributed by atoms with E-state index in [0.29, 0.717) is 5.56 Å². The summed E-state index contributed by atoms with van der Waals surface area (Å²) in [5.41, 5.74) is 1.32. The van der Waals surface area contributed by atoms with Crippen LogP contribution in [-0.2, 0) is 13.3 Å². The van der Waals surface area contributed by atoms with Crippen molar-refractivity contribution in [2.45, 2.75) is 6.92 Å². The lowest BCUT2D eigenvalue weighted by molar-refractivity contribution is 0.0696. The molecule has 0 spiro atoms. The molecule has 0 aliphatic carbocycles. The fourth-order valence-corrected chi connectivity index (χ4v) is 1.53. The molecule has 0 aliphatic rings. The first kappa shape index (κ1) is 15.8. The molecule has 95 valence electrons. The highest BCUT2D eigenvalue weighted by Gasteiger charge is 2.09. The monoisotopic (exact) mass is 257 g/mol. The lowest BCUT2D eigenvalue weighted by Crippen LogP contribution is -2.21. The minimum Gasteiger partial charge on any atom is -0.478 e. The molecule has 0 heterocycles. The third-order valence-electron chi connectivity index (χ3n) is 1.77. The second kappa shape index (κ2) is 8.88. The van der Waals surface area contributed by atoms with E-state index < -0.39 is 15.5 Å². The van der Waals surface area contributed by atoms with E-state index in [4.69, 9.17) is 18.4 Å². The summed E-state index contributed by atoms with van der Waals surface area (Å²) in [4.78, 5) is 10.4. The van der Waals surface area contributed by atoms with Gasteiger partial charge in [-0.05, 0) is 19.1 Å². The molecule has 5 nitrogen and oxygen atoms in total. The third-order valence-corrected chi connectivity index (χ3v) is 2.77. The van der Waals surface area contributed by atoms with Crippen LogP contribution in [0.15, 0.2) is 24.3 Å². The summed E-state index contributed by atoms with van der Waals surface area (Å²) < 4.78 is 14.1. The second-order valence-corrected chi connectivity index (χ2v) is 4.76. The van der Waals surface area contributed by atoms with E-state index in [9.17, 15) is 4.79 Å². The summed E-state index contributed by atoms with van der Waals surface area (Å²) in [5.74, 6) is -0.872. The first-order valence-electron chi connectivity index (χ1n) is 4.84. The average molecular weight is 257 g/mol. The van der Waals surface area contributed by atoms with Crippen LogP contribution in [0, 0.1) is 6.92 Å². The molecule has 1 aromatic carbocycles. The van der Waals surface area contributed by atoms with Crippen LogP contribution in [0.4, 0.5) is 0 Å². The molecule has 0 unspecified atom stereocenters. The van der Waals surface area contributed by atoms with Crippen LogP contribution in [0.1, 0.15) is 15.9 Å². The summed E-state index contributed by atoms with van der Waals surface area (Å²) in [6.45, 7) is 1.87. The molecule has 1 N–H and O–H groups in total. The highest BCUT2D eigenvalue weighted by Crippen LogP contribution is 2.02. The van der Waals surface area contributed by atoms with Gasteiger partial charge in [0.2, 0.25) is 0 Å². The Hall–Kier alpha value is -1.21. The largest absolute Gasteiger partial charge is 0.576 e. The first-order valence-corrected chi connectivity index (χ1v) is 6.06. The predicted octanol–water partition coefficient (Wildman–Crippen LogP) is 1.60. The highest BCUT2D eigenvalue weighted by molar-refractivity contribution is 6.36. The number of hydrogen-bond donors (Lipinski definition) is 1. The van der Waals surface area contributed by atoms with E-state index in [-0.39, 0.29) is 0 Å². The van der Waals surface area contributed by atoms with Gasteiger partial charge in [-0.2, -0.15) is 0 Å². The van der Waals surface area contributed by atoms with E-state index in [1.165, 1.54) is 0 Å². The SMILES string of the molecule is CO[Si](OC)OC.Cc1cccc(C(=O)O)c1. The van der Waals surface area contributed by atoms with Crippen LogP contribution in [0.3, 0.4) is 0 Å². The molecule has 1 rings (SSSR count). The minimum absolute atomic E-state index is 0.347. The molecule has 17 heavy (non-hydrogen) atoms. The molecular weight excluding hydrogens is 240 g/mol. The van der Waals surface area contributed by atoms with E-state index >= 15 is 0 Å². The minimum atomic E-state index is -1.36. The van der Waals surface area contributed by atoms with Crippen molar-refractivity contribution in [1.82, 2.24) is 0 Å². The molecule has 6 heteroatoms. The number of carboxylic acids is 1. The molecule has 1 radical (unpaired) electrons. The Bertz CT molecular complexity index is 333. The van der Waals surface area contributed by atoms with E-state index in [2.05, 4.69) is 0 Å². The third kappa shape index (κ3) is 6.85. The Kier molecular flexibility index (Phi) is 8.25. The number of carbonyl (C=O) groups is 1. The molecule has 0 saturated carbocycles. The lowest BCUT2D eigenvalue weighted by Gasteiger charge is -2.02. The van der Waals surface area contributed by atoms with Gasteiger partial charge in [0.1, 0.15) is 0 Å². The van der Waals surface area contributed by atoms with Crippen molar-refractivity contribution in [1.29, 1.82) is 0 Å². The fourth-order valence-electron chi connectivity index (χ4n) is 1.03. The molecule has 0 atom stereocenters. The standard InChI is InChI=1S/C8H8O2.C3H9O3Si/c1-6-3-2-4-7(5-6)8(9)10;1-4-7(5-2)6-3/h2-5H,1H3,(H,9,10);1-3H3. The van der Waals surface area contributed by atoms with Crippen molar-refractivity contribution in [3.05, 3.63) is 35.4 Å². The predicted molar refractivity (Wildman–Crippen MR) is 64.9 cm³/mol. The summed E-state index contributed by atoms with van der Waals surface area (Å²) in [6, 6.07) is 6.82. The number of carboxylic acid groups (broad SMARTS) is 1. The van der Waals surface area contributed by atoms with Crippen LogP contribution < -0.4 is 0 Å². The van der Waals surface area contributed by atoms with Gasteiger partial charge < -0.3 is 18.4 Å². The highest BCUT2D eigenvalue weighted by atomic mass is 28.3.